The van der Waals surface area contributed by atoms with Crippen molar-refractivity contribution >= 4 is 27.8 Å². The second-order valence-corrected chi connectivity index (χ2v) is 17.5. The van der Waals surface area contributed by atoms with Crippen molar-refractivity contribution < 1.29 is 13.2 Å². The Labute approximate surface area is 290 Å². The van der Waals surface area contributed by atoms with E-state index < -0.39 is 10.0 Å². The highest BCUT2D eigenvalue weighted by Crippen LogP contribution is 2.34. The summed E-state index contributed by atoms with van der Waals surface area (Å²) in [4.78, 5) is 5.05. The van der Waals surface area contributed by atoms with E-state index in [0.717, 1.165) is 76.0 Å². The maximum Gasteiger partial charge on any atom is 0.243 e. The maximum absolute atomic E-state index is 14.1. The molecule has 5 rings (SSSR count). The molecule has 0 unspecified atom stereocenters. The molecule has 0 amide bonds. The lowest BCUT2D eigenvalue weighted by Gasteiger charge is -2.37. The number of piperidine rings is 1. The first-order valence-corrected chi connectivity index (χ1v) is 20.2. The highest BCUT2D eigenvalue weighted by atomic mass is 32.2. The lowest BCUT2D eigenvalue weighted by atomic mass is 9.89. The molecule has 2 saturated heterocycles. The Balaban J connectivity index is 1.31. The van der Waals surface area contributed by atoms with E-state index in [0.29, 0.717) is 23.9 Å². The third kappa shape index (κ3) is 10.6. The smallest absolute Gasteiger partial charge is 0.243 e. The summed E-state index contributed by atoms with van der Waals surface area (Å²) in [6.45, 7) is 10.5. The minimum atomic E-state index is -3.61. The average molecular weight is 686 g/mol. The molecule has 2 aliphatic heterocycles. The van der Waals surface area contributed by atoms with Crippen LogP contribution in [0.5, 0.6) is 5.75 Å². The second kappa shape index (κ2) is 17.7. The quantitative estimate of drug-likeness (QED) is 0.267. The van der Waals surface area contributed by atoms with Gasteiger partial charge in [0.1, 0.15) is 5.75 Å². The summed E-state index contributed by atoms with van der Waals surface area (Å²) in [6.07, 6.45) is 11.1. The molecular formula is C37H59N5O3S2. The first kappa shape index (κ1) is 36.5. The molecule has 2 aromatic rings. The normalized spacial score (nSPS) is 24.3. The molecule has 3 fully saturated rings. The van der Waals surface area contributed by atoms with Crippen LogP contribution in [0.1, 0.15) is 76.2 Å². The lowest BCUT2D eigenvalue weighted by Crippen LogP contribution is -2.42. The number of sulfonamides is 1. The fourth-order valence-corrected chi connectivity index (χ4v) is 10.5. The molecule has 0 N–H and O–H groups in total. The summed E-state index contributed by atoms with van der Waals surface area (Å²) in [7, 11) is 2.09. The monoisotopic (exact) mass is 685 g/mol. The molecule has 1 aliphatic carbocycles. The van der Waals surface area contributed by atoms with Gasteiger partial charge in [0.25, 0.3) is 0 Å². The fraction of sp³-hybridized carbons (Fsp3) is 0.676. The van der Waals surface area contributed by atoms with Gasteiger partial charge in [0, 0.05) is 77.7 Å². The molecule has 3 aliphatic rings. The van der Waals surface area contributed by atoms with E-state index in [2.05, 4.69) is 38.6 Å². The summed E-state index contributed by atoms with van der Waals surface area (Å²) in [5.41, 5.74) is 2.36. The molecular weight excluding hydrogens is 627 g/mol. The average Bonchev–Trinajstić information content (AvgIpc) is 3.07. The van der Waals surface area contributed by atoms with E-state index in [4.69, 9.17) is 4.74 Å². The second-order valence-electron chi connectivity index (χ2n) is 14.3. The van der Waals surface area contributed by atoms with Crippen molar-refractivity contribution in [3.63, 3.8) is 0 Å². The highest BCUT2D eigenvalue weighted by Gasteiger charge is 2.29. The van der Waals surface area contributed by atoms with Gasteiger partial charge in [-0.1, -0.05) is 38.3 Å². The number of methoxy groups -OCH3 is 1. The van der Waals surface area contributed by atoms with E-state index in [1.54, 1.807) is 23.5 Å². The van der Waals surface area contributed by atoms with Crippen molar-refractivity contribution in [1.29, 1.82) is 0 Å². The minimum Gasteiger partial charge on any atom is -0.497 e. The molecule has 2 heterocycles. The molecule has 8 nitrogen and oxygen atoms in total. The van der Waals surface area contributed by atoms with Crippen LogP contribution in [0.15, 0.2) is 53.4 Å². The Hall–Kier alpha value is -1.82. The molecule has 0 bridgehead atoms. The van der Waals surface area contributed by atoms with Gasteiger partial charge < -0.3 is 14.5 Å². The van der Waals surface area contributed by atoms with Crippen molar-refractivity contribution in [2.24, 2.45) is 11.8 Å². The van der Waals surface area contributed by atoms with E-state index in [1.165, 1.54) is 50.5 Å². The Morgan fingerprint density at radius 2 is 1.51 bits per heavy atom. The van der Waals surface area contributed by atoms with Gasteiger partial charge in [0.15, 0.2) is 0 Å². The van der Waals surface area contributed by atoms with Crippen molar-refractivity contribution in [2.45, 2.75) is 75.5 Å². The van der Waals surface area contributed by atoms with Crippen LogP contribution in [0.3, 0.4) is 0 Å². The molecule has 2 aromatic carbocycles. The number of rotatable bonds is 9. The SMILES string of the molecule is COc1cccc([C@@H]2CCCN(SN3CCCN(CC4CCCCC4)CCCN(S(=O)(=O)c4ccc(N(C)C)cc4)C[C@H](C)C3)C2)c1. The first-order chi connectivity index (χ1) is 22.7. The predicted octanol–water partition coefficient (Wildman–Crippen LogP) is 6.81. The summed E-state index contributed by atoms with van der Waals surface area (Å²) in [5.74, 6) is 2.39. The lowest BCUT2D eigenvalue weighted by molar-refractivity contribution is 0.181. The minimum absolute atomic E-state index is 0.204. The van der Waals surface area contributed by atoms with E-state index in [-0.39, 0.29) is 5.92 Å². The number of benzene rings is 2. The Kier molecular flexibility index (Phi) is 13.7. The zero-order valence-corrected chi connectivity index (χ0v) is 31.0. The molecule has 2 atom stereocenters. The zero-order chi connectivity index (χ0) is 33.2. The van der Waals surface area contributed by atoms with Gasteiger partial charge in [0.05, 0.1) is 12.0 Å². The molecule has 47 heavy (non-hydrogen) atoms. The van der Waals surface area contributed by atoms with Gasteiger partial charge in [0.2, 0.25) is 10.0 Å². The van der Waals surface area contributed by atoms with E-state index in [1.807, 2.05) is 49.3 Å². The van der Waals surface area contributed by atoms with Crippen LogP contribution in [0.25, 0.3) is 0 Å². The largest absolute Gasteiger partial charge is 0.497 e. The summed E-state index contributed by atoms with van der Waals surface area (Å²) in [6, 6.07) is 15.9. The van der Waals surface area contributed by atoms with E-state index in [9.17, 15) is 8.42 Å². The van der Waals surface area contributed by atoms with Gasteiger partial charge in [-0.05, 0) is 111 Å². The van der Waals surface area contributed by atoms with Crippen LogP contribution < -0.4 is 9.64 Å². The Bertz CT molecular complexity index is 1340. The van der Waals surface area contributed by atoms with Crippen molar-refractivity contribution in [1.82, 2.24) is 17.8 Å². The number of ether oxygens (including phenoxy) is 1. The molecule has 0 radical (unpaired) electrons. The summed E-state index contributed by atoms with van der Waals surface area (Å²) in [5, 5.41) is 0. The number of anilines is 1. The molecule has 262 valence electrons. The van der Waals surface area contributed by atoms with Crippen LogP contribution in [0.4, 0.5) is 5.69 Å². The van der Waals surface area contributed by atoms with Gasteiger partial charge in [-0.25, -0.2) is 17.0 Å². The highest BCUT2D eigenvalue weighted by molar-refractivity contribution is 7.94. The van der Waals surface area contributed by atoms with Gasteiger partial charge in [-0.2, -0.15) is 4.31 Å². The number of hydrogen-bond donors (Lipinski definition) is 0. The number of nitrogens with zero attached hydrogens (tertiary/aromatic N) is 5. The van der Waals surface area contributed by atoms with Crippen LogP contribution in [0, 0.1) is 11.8 Å². The van der Waals surface area contributed by atoms with Gasteiger partial charge in [-0.3, -0.25) is 0 Å². The third-order valence-corrected chi connectivity index (χ3v) is 13.2. The van der Waals surface area contributed by atoms with Crippen LogP contribution in [0.2, 0.25) is 0 Å². The van der Waals surface area contributed by atoms with Crippen LogP contribution >= 0.6 is 12.1 Å². The Morgan fingerprint density at radius 1 is 0.809 bits per heavy atom. The third-order valence-electron chi connectivity index (χ3n) is 10.2. The summed E-state index contributed by atoms with van der Waals surface area (Å²) >= 11 is 1.89. The summed E-state index contributed by atoms with van der Waals surface area (Å²) < 4.78 is 40.6. The topological polar surface area (TPSA) is 59.6 Å². The standard InChI is InChI=1S/C37H59N5O3S2/c1-31-27-40(46-41-23-9-15-34(30-41)33-14-8-16-36(26-33)45-4)24-10-21-39(29-32-12-6-5-7-13-32)22-11-25-42(28-31)47(43,44)37-19-17-35(18-20-37)38(2)3/h8,14,16-20,26,31-32,34H,5-7,9-13,15,21-25,27-30H2,1-4H3/t31-,34-/m1/s1. The van der Waals surface area contributed by atoms with Crippen molar-refractivity contribution in [2.75, 3.05) is 85.0 Å². The van der Waals surface area contributed by atoms with Crippen LogP contribution in [-0.4, -0.2) is 106 Å². The molecule has 0 aromatic heterocycles. The van der Waals surface area contributed by atoms with Crippen molar-refractivity contribution in [3.05, 3.63) is 54.1 Å². The van der Waals surface area contributed by atoms with Gasteiger partial charge in [-0.15, -0.1) is 0 Å². The van der Waals surface area contributed by atoms with Crippen LogP contribution in [-0.2, 0) is 10.0 Å². The molecule has 0 spiro atoms. The van der Waals surface area contributed by atoms with Gasteiger partial charge >= 0.3 is 0 Å². The van der Waals surface area contributed by atoms with Crippen molar-refractivity contribution in [3.8, 4) is 5.75 Å². The predicted molar refractivity (Wildman–Crippen MR) is 197 cm³/mol. The molecule has 1 saturated carbocycles. The maximum atomic E-state index is 14.1. The fourth-order valence-electron chi connectivity index (χ4n) is 7.61. The Morgan fingerprint density at radius 3 is 2.23 bits per heavy atom. The zero-order valence-electron chi connectivity index (χ0n) is 29.4. The number of hydrogen-bond acceptors (Lipinski definition) is 8. The first-order valence-electron chi connectivity index (χ1n) is 18.0. The van der Waals surface area contributed by atoms with E-state index >= 15 is 0 Å². The molecule has 10 heteroatoms.